The molecule has 29 heavy (non-hydrogen) atoms. The lowest BCUT2D eigenvalue weighted by Gasteiger charge is -2.56. The predicted molar refractivity (Wildman–Crippen MR) is 109 cm³/mol. The summed E-state index contributed by atoms with van der Waals surface area (Å²) < 4.78 is 24.5. The van der Waals surface area contributed by atoms with Gasteiger partial charge in [-0.15, -0.1) is 0 Å². The number of hydrogen-bond acceptors (Lipinski definition) is 6. The van der Waals surface area contributed by atoms with Gasteiger partial charge in [-0.2, -0.15) is 0 Å². The molecule has 1 aromatic carbocycles. The highest BCUT2D eigenvalue weighted by Crippen LogP contribution is 2.55. The minimum atomic E-state index is -2.80. The molecule has 3 fully saturated rings. The van der Waals surface area contributed by atoms with Gasteiger partial charge in [0.25, 0.3) is 0 Å². The minimum Gasteiger partial charge on any atom is -0.455 e. The summed E-state index contributed by atoms with van der Waals surface area (Å²) in [5.74, 6) is -0.487. The number of rotatable bonds is 1. The average molecular weight is 420 g/mol. The van der Waals surface area contributed by atoms with E-state index in [1.165, 1.54) is 4.90 Å². The van der Waals surface area contributed by atoms with Crippen molar-refractivity contribution in [3.05, 3.63) is 30.3 Å². The summed E-state index contributed by atoms with van der Waals surface area (Å²) >= 11 is 0. The van der Waals surface area contributed by atoms with Crippen LogP contribution < -0.4 is 4.90 Å². The summed E-state index contributed by atoms with van der Waals surface area (Å²) in [7, 11) is -2.80. The SMILES string of the molecule is CC(C)(C)[Si]1(C(C)(C)C)OC[C@H]2OC(=O)[C@@H]3[C@@H](OC(=O)N3c3ccccc3)[C@@H]2O1. The number of amides is 1. The smallest absolute Gasteiger partial charge is 0.415 e. The molecule has 0 unspecified atom stereocenters. The average Bonchev–Trinajstić information content (AvgIpc) is 2.98. The maximum Gasteiger partial charge on any atom is 0.415 e. The second-order valence-corrected chi connectivity index (χ2v) is 14.7. The fourth-order valence-electron chi connectivity index (χ4n) is 4.95. The number of para-hydroxylation sites is 1. The van der Waals surface area contributed by atoms with Gasteiger partial charge >= 0.3 is 20.6 Å². The van der Waals surface area contributed by atoms with Gasteiger partial charge in [0.05, 0.1) is 6.61 Å². The van der Waals surface area contributed by atoms with Gasteiger partial charge in [0.15, 0.2) is 18.2 Å². The van der Waals surface area contributed by atoms with Crippen LogP contribution in [0.15, 0.2) is 30.3 Å². The molecular weight excluding hydrogens is 390 g/mol. The molecule has 3 aliphatic heterocycles. The van der Waals surface area contributed by atoms with E-state index in [4.69, 9.17) is 18.3 Å². The quantitative estimate of drug-likeness (QED) is 0.510. The number of ether oxygens (including phenoxy) is 2. The molecule has 4 atom stereocenters. The Kier molecular flexibility index (Phi) is 4.60. The Balaban J connectivity index is 1.72. The molecule has 1 amide bonds. The van der Waals surface area contributed by atoms with Crippen LogP contribution in [0.25, 0.3) is 0 Å². The minimum absolute atomic E-state index is 0.227. The molecular formula is C21H29NO6Si. The Bertz CT molecular complexity index is 801. The number of anilines is 1. The van der Waals surface area contributed by atoms with Gasteiger partial charge in [-0.3, -0.25) is 4.90 Å². The van der Waals surface area contributed by atoms with Gasteiger partial charge in [0, 0.05) is 15.8 Å². The van der Waals surface area contributed by atoms with Crippen LogP contribution in [0.1, 0.15) is 41.5 Å². The monoisotopic (exact) mass is 419 g/mol. The normalized spacial score (nSPS) is 31.6. The molecule has 0 aromatic heterocycles. The van der Waals surface area contributed by atoms with E-state index in [1.54, 1.807) is 12.1 Å². The third-order valence-electron chi connectivity index (χ3n) is 5.98. The number of carbonyl (C=O) groups excluding carboxylic acids is 2. The maximum atomic E-state index is 12.8. The van der Waals surface area contributed by atoms with Crippen molar-refractivity contribution in [2.75, 3.05) is 11.5 Å². The lowest BCUT2D eigenvalue weighted by molar-refractivity contribution is -0.191. The number of benzene rings is 1. The molecule has 0 bridgehead atoms. The Morgan fingerprint density at radius 2 is 1.55 bits per heavy atom. The highest BCUT2D eigenvalue weighted by atomic mass is 28.4. The molecule has 3 aliphatic rings. The topological polar surface area (TPSA) is 74.3 Å². The van der Waals surface area contributed by atoms with E-state index in [0.717, 1.165) is 0 Å². The summed E-state index contributed by atoms with van der Waals surface area (Å²) in [6, 6.07) is 8.17. The molecule has 0 saturated carbocycles. The molecule has 0 spiro atoms. The largest absolute Gasteiger partial charge is 0.455 e. The first-order chi connectivity index (χ1) is 13.5. The van der Waals surface area contributed by atoms with Gasteiger partial charge in [0.1, 0.15) is 6.10 Å². The zero-order valence-corrected chi connectivity index (χ0v) is 18.8. The maximum absolute atomic E-state index is 12.8. The van der Waals surface area contributed by atoms with Crippen molar-refractivity contribution in [1.29, 1.82) is 0 Å². The number of hydrogen-bond donors (Lipinski definition) is 0. The van der Waals surface area contributed by atoms with Crippen LogP contribution in [0.2, 0.25) is 10.1 Å². The summed E-state index contributed by atoms with van der Waals surface area (Å²) in [6.45, 7) is 13.0. The van der Waals surface area contributed by atoms with Crippen LogP contribution in [0, 0.1) is 0 Å². The molecule has 0 aliphatic carbocycles. The summed E-state index contributed by atoms with van der Waals surface area (Å²) in [4.78, 5) is 26.9. The summed E-state index contributed by atoms with van der Waals surface area (Å²) in [5, 5.41) is -0.455. The van der Waals surface area contributed by atoms with Gasteiger partial charge in [-0.1, -0.05) is 59.7 Å². The van der Waals surface area contributed by atoms with Crippen LogP contribution in [0.4, 0.5) is 10.5 Å². The molecule has 3 saturated heterocycles. The Hall–Kier alpha value is -1.90. The molecule has 8 heteroatoms. The number of carbonyl (C=O) groups is 2. The Morgan fingerprint density at radius 3 is 2.14 bits per heavy atom. The zero-order chi connectivity index (χ0) is 21.2. The highest BCUT2D eigenvalue weighted by Gasteiger charge is 2.67. The van der Waals surface area contributed by atoms with E-state index in [2.05, 4.69) is 41.5 Å². The van der Waals surface area contributed by atoms with E-state index in [1.807, 2.05) is 18.2 Å². The van der Waals surface area contributed by atoms with Crippen molar-refractivity contribution in [2.24, 2.45) is 0 Å². The number of esters is 1. The molecule has 0 N–H and O–H groups in total. The first kappa shape index (κ1) is 20.4. The van der Waals surface area contributed by atoms with E-state index < -0.39 is 45.0 Å². The Morgan fingerprint density at radius 1 is 0.931 bits per heavy atom. The second kappa shape index (κ2) is 6.55. The molecule has 4 rings (SSSR count). The number of fused-ring (bicyclic) bond motifs is 3. The lowest BCUT2D eigenvalue weighted by Crippen LogP contribution is -2.71. The predicted octanol–water partition coefficient (Wildman–Crippen LogP) is 3.76. The lowest BCUT2D eigenvalue weighted by atomic mass is 9.97. The number of nitrogens with zero attached hydrogens (tertiary/aromatic N) is 1. The van der Waals surface area contributed by atoms with Crippen LogP contribution in [-0.2, 0) is 23.1 Å². The van der Waals surface area contributed by atoms with Crippen molar-refractivity contribution in [2.45, 2.75) is 76.0 Å². The molecule has 1 aromatic rings. The van der Waals surface area contributed by atoms with E-state index in [-0.39, 0.29) is 16.7 Å². The first-order valence-corrected chi connectivity index (χ1v) is 11.9. The van der Waals surface area contributed by atoms with Crippen molar-refractivity contribution in [1.82, 2.24) is 0 Å². The van der Waals surface area contributed by atoms with E-state index >= 15 is 0 Å². The van der Waals surface area contributed by atoms with Crippen molar-refractivity contribution >= 4 is 26.3 Å². The third-order valence-corrected chi connectivity index (χ3v) is 11.1. The first-order valence-electron chi connectivity index (χ1n) is 10.0. The van der Waals surface area contributed by atoms with Gasteiger partial charge < -0.3 is 18.3 Å². The van der Waals surface area contributed by atoms with E-state index in [9.17, 15) is 9.59 Å². The van der Waals surface area contributed by atoms with Gasteiger partial charge in [0.2, 0.25) is 0 Å². The standard InChI is InChI=1S/C21H29NO6Si/c1-20(2,3)29(21(4,5)6)25-12-14-16(28-29)17-15(18(23)26-14)22(19(24)27-17)13-10-8-7-9-11-13/h7-11,14-17H,12H2,1-6H3/t14-,15+,16-,17-/m1/s1. The molecule has 158 valence electrons. The Labute approximate surface area is 172 Å². The van der Waals surface area contributed by atoms with Crippen molar-refractivity contribution in [3.63, 3.8) is 0 Å². The van der Waals surface area contributed by atoms with Gasteiger partial charge in [-0.25, -0.2) is 9.59 Å². The van der Waals surface area contributed by atoms with Gasteiger partial charge in [-0.05, 0) is 12.1 Å². The summed E-state index contributed by atoms with van der Waals surface area (Å²) in [5.41, 5.74) is 0.600. The van der Waals surface area contributed by atoms with Crippen LogP contribution in [0.3, 0.4) is 0 Å². The third kappa shape index (κ3) is 3.00. The van der Waals surface area contributed by atoms with Crippen molar-refractivity contribution < 1.29 is 27.9 Å². The fraction of sp³-hybridized carbons (Fsp3) is 0.619. The molecule has 7 nitrogen and oxygen atoms in total. The van der Waals surface area contributed by atoms with Crippen LogP contribution in [-0.4, -0.2) is 51.6 Å². The second-order valence-electron chi connectivity index (χ2n) is 9.98. The molecule has 0 radical (unpaired) electrons. The highest BCUT2D eigenvalue weighted by molar-refractivity contribution is 6.73. The van der Waals surface area contributed by atoms with Crippen LogP contribution in [0.5, 0.6) is 0 Å². The summed E-state index contributed by atoms with van der Waals surface area (Å²) in [6.07, 6.45) is -2.42. The van der Waals surface area contributed by atoms with Crippen LogP contribution >= 0.6 is 0 Å². The molecule has 3 heterocycles. The van der Waals surface area contributed by atoms with E-state index in [0.29, 0.717) is 5.69 Å². The zero-order valence-electron chi connectivity index (χ0n) is 17.8. The van der Waals surface area contributed by atoms with Crippen molar-refractivity contribution in [3.8, 4) is 0 Å². The fourth-order valence-corrected chi connectivity index (χ4v) is 9.90.